The molecule has 0 aromatic carbocycles. The number of thioether (sulfide) groups is 1. The second-order valence-electron chi connectivity index (χ2n) is 6.81. The van der Waals surface area contributed by atoms with Crippen molar-refractivity contribution in [3.8, 4) is 0 Å². The van der Waals surface area contributed by atoms with E-state index in [4.69, 9.17) is 4.74 Å². The van der Waals surface area contributed by atoms with Gasteiger partial charge in [0.15, 0.2) is 0 Å². The minimum absolute atomic E-state index is 0.00982. The number of hydrogen-bond acceptors (Lipinski definition) is 3. The van der Waals surface area contributed by atoms with Crippen molar-refractivity contribution in [1.82, 2.24) is 0 Å². The third-order valence-electron chi connectivity index (χ3n) is 4.22. The molecule has 2 nitrogen and oxygen atoms in total. The molecule has 0 bridgehead atoms. The molecule has 3 unspecified atom stereocenters. The smallest absolute Gasteiger partial charge is 0.0783 e. The van der Waals surface area contributed by atoms with Crippen molar-refractivity contribution in [1.29, 1.82) is 0 Å². The van der Waals surface area contributed by atoms with Crippen LogP contribution in [-0.4, -0.2) is 34.9 Å². The standard InChI is InChI=1S/C14H26O2S/c1-13(2,3)12(15)8-11-4-6-16-14(9-11)5-7-17-10-14/h11-12,15H,4-10H2,1-3H3. The normalized spacial score (nSPS) is 36.4. The maximum Gasteiger partial charge on any atom is 0.0783 e. The molecule has 0 amide bonds. The van der Waals surface area contributed by atoms with Gasteiger partial charge in [-0.1, -0.05) is 20.8 Å². The zero-order valence-corrected chi connectivity index (χ0v) is 12.2. The Hall–Kier alpha value is 0.270. The zero-order valence-electron chi connectivity index (χ0n) is 11.4. The lowest BCUT2D eigenvalue weighted by molar-refractivity contribution is -0.0902. The Morgan fingerprint density at radius 1 is 1.47 bits per heavy atom. The number of aliphatic hydroxyl groups excluding tert-OH is 1. The Morgan fingerprint density at radius 2 is 2.24 bits per heavy atom. The highest BCUT2D eigenvalue weighted by Gasteiger charge is 2.41. The number of hydrogen-bond donors (Lipinski definition) is 1. The first-order valence-corrected chi connectivity index (χ1v) is 7.97. The molecule has 1 N–H and O–H groups in total. The highest BCUT2D eigenvalue weighted by atomic mass is 32.2. The quantitative estimate of drug-likeness (QED) is 0.825. The van der Waals surface area contributed by atoms with E-state index in [1.165, 1.54) is 12.2 Å². The molecule has 0 aromatic rings. The van der Waals surface area contributed by atoms with Gasteiger partial charge >= 0.3 is 0 Å². The maximum atomic E-state index is 10.2. The van der Waals surface area contributed by atoms with E-state index in [-0.39, 0.29) is 17.1 Å². The van der Waals surface area contributed by atoms with Gasteiger partial charge in [0.2, 0.25) is 0 Å². The average Bonchev–Trinajstić information content (AvgIpc) is 2.65. The molecule has 2 rings (SSSR count). The summed E-state index contributed by atoms with van der Waals surface area (Å²) in [7, 11) is 0. The molecule has 2 fully saturated rings. The third kappa shape index (κ3) is 3.39. The summed E-state index contributed by atoms with van der Waals surface area (Å²) >= 11 is 2.02. The van der Waals surface area contributed by atoms with Gasteiger partial charge in [0.1, 0.15) is 0 Å². The fourth-order valence-corrected chi connectivity index (χ4v) is 4.24. The van der Waals surface area contributed by atoms with Gasteiger partial charge < -0.3 is 9.84 Å². The van der Waals surface area contributed by atoms with Crippen LogP contribution in [0.25, 0.3) is 0 Å². The highest BCUT2D eigenvalue weighted by Crippen LogP contribution is 2.42. The third-order valence-corrected chi connectivity index (χ3v) is 5.44. The molecule has 2 saturated heterocycles. The number of rotatable bonds is 2. The summed E-state index contributed by atoms with van der Waals surface area (Å²) in [4.78, 5) is 0. The minimum Gasteiger partial charge on any atom is -0.393 e. The second kappa shape index (κ2) is 5.10. The first-order valence-electron chi connectivity index (χ1n) is 6.81. The lowest BCUT2D eigenvalue weighted by Gasteiger charge is -2.39. The molecular weight excluding hydrogens is 232 g/mol. The van der Waals surface area contributed by atoms with Crippen LogP contribution in [0.15, 0.2) is 0 Å². The Labute approximate surface area is 110 Å². The van der Waals surface area contributed by atoms with Gasteiger partial charge in [0, 0.05) is 12.4 Å². The summed E-state index contributed by atoms with van der Waals surface area (Å²) in [6.45, 7) is 7.26. The lowest BCUT2D eigenvalue weighted by Crippen LogP contribution is -2.41. The van der Waals surface area contributed by atoms with Crippen molar-refractivity contribution >= 4 is 11.8 Å². The van der Waals surface area contributed by atoms with E-state index in [0.717, 1.165) is 31.6 Å². The van der Waals surface area contributed by atoms with E-state index in [1.807, 2.05) is 11.8 Å². The van der Waals surface area contributed by atoms with Crippen LogP contribution in [0.1, 0.15) is 46.5 Å². The van der Waals surface area contributed by atoms with Gasteiger partial charge in [0.05, 0.1) is 11.7 Å². The van der Waals surface area contributed by atoms with Crippen LogP contribution in [-0.2, 0) is 4.74 Å². The van der Waals surface area contributed by atoms with Crippen molar-refractivity contribution in [3.05, 3.63) is 0 Å². The Kier molecular flexibility index (Phi) is 4.11. The van der Waals surface area contributed by atoms with E-state index < -0.39 is 0 Å². The minimum atomic E-state index is -0.184. The van der Waals surface area contributed by atoms with Crippen molar-refractivity contribution in [2.75, 3.05) is 18.1 Å². The molecule has 0 radical (unpaired) electrons. The Bertz CT molecular complexity index is 253. The molecule has 0 saturated carbocycles. The first kappa shape index (κ1) is 13.7. The zero-order chi connectivity index (χ0) is 12.5. The summed E-state index contributed by atoms with van der Waals surface area (Å²) in [6.07, 6.45) is 4.25. The summed E-state index contributed by atoms with van der Waals surface area (Å²) in [5, 5.41) is 10.2. The van der Waals surface area contributed by atoms with Crippen molar-refractivity contribution in [2.45, 2.75) is 58.2 Å². The fraction of sp³-hybridized carbons (Fsp3) is 1.00. The molecule has 3 heteroatoms. The lowest BCUT2D eigenvalue weighted by atomic mass is 9.77. The Morgan fingerprint density at radius 3 is 2.82 bits per heavy atom. The molecule has 0 aliphatic carbocycles. The monoisotopic (exact) mass is 258 g/mol. The van der Waals surface area contributed by atoms with Gasteiger partial charge in [0.25, 0.3) is 0 Å². The van der Waals surface area contributed by atoms with Crippen LogP contribution in [0.3, 0.4) is 0 Å². The van der Waals surface area contributed by atoms with E-state index in [0.29, 0.717) is 5.92 Å². The predicted molar refractivity (Wildman–Crippen MR) is 73.4 cm³/mol. The molecule has 3 atom stereocenters. The van der Waals surface area contributed by atoms with Crippen molar-refractivity contribution in [3.63, 3.8) is 0 Å². The summed E-state index contributed by atoms with van der Waals surface area (Å²) in [5.41, 5.74) is 0.168. The van der Waals surface area contributed by atoms with E-state index in [9.17, 15) is 5.11 Å². The topological polar surface area (TPSA) is 29.5 Å². The van der Waals surface area contributed by atoms with Gasteiger partial charge in [-0.25, -0.2) is 0 Å². The predicted octanol–water partition coefficient (Wildman–Crippen LogP) is 3.09. The number of ether oxygens (including phenoxy) is 1. The van der Waals surface area contributed by atoms with Gasteiger partial charge in [-0.3, -0.25) is 0 Å². The van der Waals surface area contributed by atoms with E-state index in [1.54, 1.807) is 0 Å². The number of aliphatic hydroxyl groups is 1. The molecule has 1 spiro atoms. The molecule has 17 heavy (non-hydrogen) atoms. The van der Waals surface area contributed by atoms with Crippen LogP contribution < -0.4 is 0 Å². The van der Waals surface area contributed by atoms with Crippen molar-refractivity contribution in [2.24, 2.45) is 11.3 Å². The summed E-state index contributed by atoms with van der Waals surface area (Å²) in [5.74, 6) is 3.06. The van der Waals surface area contributed by atoms with Crippen LogP contribution in [0.4, 0.5) is 0 Å². The van der Waals surface area contributed by atoms with Crippen LogP contribution >= 0.6 is 11.8 Å². The molecule has 2 heterocycles. The van der Waals surface area contributed by atoms with Gasteiger partial charge in [-0.05, 0) is 42.8 Å². The Balaban J connectivity index is 1.89. The molecule has 0 aromatic heterocycles. The van der Waals surface area contributed by atoms with E-state index >= 15 is 0 Å². The molecule has 2 aliphatic rings. The second-order valence-corrected chi connectivity index (χ2v) is 7.92. The largest absolute Gasteiger partial charge is 0.393 e. The molecule has 2 aliphatic heterocycles. The SMILES string of the molecule is CC(C)(C)C(O)CC1CCOC2(CCSC2)C1. The first-order chi connectivity index (χ1) is 7.91. The van der Waals surface area contributed by atoms with Crippen LogP contribution in [0.5, 0.6) is 0 Å². The maximum absolute atomic E-state index is 10.2. The van der Waals surface area contributed by atoms with Gasteiger partial charge in [-0.2, -0.15) is 11.8 Å². The fourth-order valence-electron chi connectivity index (χ4n) is 2.86. The molecule has 100 valence electrons. The molecular formula is C14H26O2S. The van der Waals surface area contributed by atoms with Gasteiger partial charge in [-0.15, -0.1) is 0 Å². The van der Waals surface area contributed by atoms with Crippen LogP contribution in [0, 0.1) is 11.3 Å². The average molecular weight is 258 g/mol. The summed E-state index contributed by atoms with van der Waals surface area (Å²) in [6, 6.07) is 0. The van der Waals surface area contributed by atoms with E-state index in [2.05, 4.69) is 20.8 Å². The summed E-state index contributed by atoms with van der Waals surface area (Å²) < 4.78 is 6.02. The highest BCUT2D eigenvalue weighted by molar-refractivity contribution is 7.99. The van der Waals surface area contributed by atoms with Crippen molar-refractivity contribution < 1.29 is 9.84 Å². The van der Waals surface area contributed by atoms with Crippen LogP contribution in [0.2, 0.25) is 0 Å².